The first kappa shape index (κ1) is 14.0. The molecule has 5 nitrogen and oxygen atoms in total. The quantitative estimate of drug-likeness (QED) is 0.782. The van der Waals surface area contributed by atoms with E-state index in [-0.39, 0.29) is 11.1 Å². The lowest BCUT2D eigenvalue weighted by Crippen LogP contribution is -2.10. The highest BCUT2D eigenvalue weighted by atomic mass is 16.5. The van der Waals surface area contributed by atoms with Gasteiger partial charge in [0.25, 0.3) is 0 Å². The molecule has 0 aliphatic heterocycles. The van der Waals surface area contributed by atoms with Crippen LogP contribution in [0, 0.1) is 16.7 Å². The lowest BCUT2D eigenvalue weighted by molar-refractivity contribution is 0.0690. The van der Waals surface area contributed by atoms with Gasteiger partial charge in [0.15, 0.2) is 0 Å². The van der Waals surface area contributed by atoms with Crippen LogP contribution in [0.2, 0.25) is 0 Å². The number of carboxylic acid groups (broad SMARTS) is 1. The molecule has 0 saturated carbocycles. The van der Waals surface area contributed by atoms with Crippen LogP contribution in [0.4, 0.5) is 0 Å². The molecule has 0 aromatic carbocycles. The van der Waals surface area contributed by atoms with Gasteiger partial charge in [0.2, 0.25) is 0 Å². The van der Waals surface area contributed by atoms with Gasteiger partial charge in [0, 0.05) is 0 Å². The zero-order valence-electron chi connectivity index (χ0n) is 10.5. The zero-order valence-corrected chi connectivity index (χ0v) is 10.5. The molecule has 0 radical (unpaired) electrons. The number of hydrogen-bond donors (Lipinski definition) is 1. The predicted octanol–water partition coefficient (Wildman–Crippen LogP) is 2.49. The highest BCUT2D eigenvalue weighted by Gasteiger charge is 2.15. The van der Waals surface area contributed by atoms with E-state index in [0.717, 1.165) is 12.8 Å². The van der Waals surface area contributed by atoms with Gasteiger partial charge in [-0.15, -0.1) is 0 Å². The summed E-state index contributed by atoms with van der Waals surface area (Å²) in [6.45, 7) is 4.26. The molecular weight excluding hydrogens is 232 g/mol. The summed E-state index contributed by atoms with van der Waals surface area (Å²) in [4.78, 5) is 14.3. The van der Waals surface area contributed by atoms with Crippen molar-refractivity contribution in [3.8, 4) is 11.8 Å². The summed E-state index contributed by atoms with van der Waals surface area (Å²) < 4.78 is 5.42. The Balaban J connectivity index is 2.37. The standard InChI is InChI=1S/C13H16N2O3/c1-13(2,9-14)6-3-7-18-10-4-5-11(12(16)17)15-8-10/h4-5,8H,3,6-7H2,1-2H3,(H,16,17). The molecule has 0 amide bonds. The Hall–Kier alpha value is -2.09. The second kappa shape index (κ2) is 6.01. The Bertz CT molecular complexity index is 446. The maximum absolute atomic E-state index is 10.6. The number of nitrogens with zero attached hydrogens (tertiary/aromatic N) is 2. The average molecular weight is 248 g/mol. The number of rotatable bonds is 6. The Morgan fingerprint density at radius 3 is 2.78 bits per heavy atom. The van der Waals surface area contributed by atoms with Crippen LogP contribution in [0.3, 0.4) is 0 Å². The van der Waals surface area contributed by atoms with Gasteiger partial charge in [0.1, 0.15) is 11.4 Å². The van der Waals surface area contributed by atoms with Gasteiger partial charge < -0.3 is 9.84 Å². The minimum atomic E-state index is -1.06. The van der Waals surface area contributed by atoms with Gasteiger partial charge in [0.05, 0.1) is 24.3 Å². The molecule has 18 heavy (non-hydrogen) atoms. The number of nitriles is 1. The molecule has 0 unspecified atom stereocenters. The van der Waals surface area contributed by atoms with Crippen LogP contribution in [0.25, 0.3) is 0 Å². The second-order valence-electron chi connectivity index (χ2n) is 4.63. The minimum Gasteiger partial charge on any atom is -0.492 e. The summed E-state index contributed by atoms with van der Waals surface area (Å²) in [5.74, 6) is -0.521. The molecule has 1 aromatic heterocycles. The summed E-state index contributed by atoms with van der Waals surface area (Å²) in [6.07, 6.45) is 2.91. The predicted molar refractivity (Wildman–Crippen MR) is 65.3 cm³/mol. The maximum Gasteiger partial charge on any atom is 0.354 e. The van der Waals surface area contributed by atoms with E-state index >= 15 is 0 Å². The van der Waals surface area contributed by atoms with Crippen molar-refractivity contribution < 1.29 is 14.6 Å². The molecule has 0 spiro atoms. The fourth-order valence-electron chi connectivity index (χ4n) is 1.35. The molecule has 1 N–H and O–H groups in total. The number of ether oxygens (including phenoxy) is 1. The largest absolute Gasteiger partial charge is 0.492 e. The van der Waals surface area contributed by atoms with Crippen LogP contribution in [0.15, 0.2) is 18.3 Å². The van der Waals surface area contributed by atoms with E-state index in [1.807, 2.05) is 13.8 Å². The maximum atomic E-state index is 10.6. The monoisotopic (exact) mass is 248 g/mol. The van der Waals surface area contributed by atoms with E-state index in [2.05, 4.69) is 11.1 Å². The van der Waals surface area contributed by atoms with E-state index in [1.54, 1.807) is 6.07 Å². The SMILES string of the molecule is CC(C)(C#N)CCCOc1ccc(C(=O)O)nc1. The van der Waals surface area contributed by atoms with Gasteiger partial charge in [-0.2, -0.15) is 5.26 Å². The van der Waals surface area contributed by atoms with Crippen molar-refractivity contribution in [2.45, 2.75) is 26.7 Å². The fourth-order valence-corrected chi connectivity index (χ4v) is 1.35. The molecule has 0 saturated heterocycles. The lowest BCUT2D eigenvalue weighted by Gasteiger charge is -2.14. The van der Waals surface area contributed by atoms with E-state index in [0.29, 0.717) is 12.4 Å². The van der Waals surface area contributed by atoms with Gasteiger partial charge in [-0.3, -0.25) is 0 Å². The first-order valence-corrected chi connectivity index (χ1v) is 5.68. The molecule has 0 fully saturated rings. The molecule has 1 aromatic rings. The first-order valence-electron chi connectivity index (χ1n) is 5.68. The third kappa shape index (κ3) is 4.42. The normalized spacial score (nSPS) is 10.7. The molecule has 1 rings (SSSR count). The number of pyridine rings is 1. The van der Waals surface area contributed by atoms with Gasteiger partial charge >= 0.3 is 5.97 Å². The number of aromatic carboxylic acids is 1. The van der Waals surface area contributed by atoms with Crippen molar-refractivity contribution in [1.82, 2.24) is 4.98 Å². The number of hydrogen-bond acceptors (Lipinski definition) is 4. The molecule has 5 heteroatoms. The van der Waals surface area contributed by atoms with Crippen LogP contribution in [-0.4, -0.2) is 22.7 Å². The van der Waals surface area contributed by atoms with Crippen molar-refractivity contribution in [2.24, 2.45) is 5.41 Å². The van der Waals surface area contributed by atoms with Crippen molar-refractivity contribution in [1.29, 1.82) is 5.26 Å². The number of carboxylic acids is 1. The van der Waals surface area contributed by atoms with Crippen molar-refractivity contribution in [3.05, 3.63) is 24.0 Å². The number of aromatic nitrogens is 1. The molecular formula is C13H16N2O3. The smallest absolute Gasteiger partial charge is 0.354 e. The Labute approximate surface area is 106 Å². The summed E-state index contributed by atoms with van der Waals surface area (Å²) >= 11 is 0. The van der Waals surface area contributed by atoms with Crippen LogP contribution in [0.1, 0.15) is 37.2 Å². The Kier molecular flexibility index (Phi) is 4.67. The summed E-state index contributed by atoms with van der Waals surface area (Å²) in [6, 6.07) is 5.20. The van der Waals surface area contributed by atoms with E-state index in [1.165, 1.54) is 12.3 Å². The Morgan fingerprint density at radius 2 is 2.28 bits per heavy atom. The van der Waals surface area contributed by atoms with E-state index < -0.39 is 5.97 Å². The van der Waals surface area contributed by atoms with Crippen LogP contribution < -0.4 is 4.74 Å². The van der Waals surface area contributed by atoms with Gasteiger partial charge in [-0.25, -0.2) is 9.78 Å². The highest BCUT2D eigenvalue weighted by Crippen LogP contribution is 2.20. The Morgan fingerprint density at radius 1 is 1.56 bits per heavy atom. The second-order valence-corrected chi connectivity index (χ2v) is 4.63. The molecule has 96 valence electrons. The fraction of sp³-hybridized carbons (Fsp3) is 0.462. The topological polar surface area (TPSA) is 83.2 Å². The van der Waals surface area contributed by atoms with Crippen LogP contribution in [-0.2, 0) is 0 Å². The minimum absolute atomic E-state index is 0.00651. The van der Waals surface area contributed by atoms with Crippen molar-refractivity contribution in [3.63, 3.8) is 0 Å². The summed E-state index contributed by atoms with van der Waals surface area (Å²) in [5.41, 5.74) is -0.345. The highest BCUT2D eigenvalue weighted by molar-refractivity contribution is 5.85. The molecule has 0 atom stereocenters. The van der Waals surface area contributed by atoms with Gasteiger partial charge in [-0.1, -0.05) is 0 Å². The van der Waals surface area contributed by atoms with Crippen molar-refractivity contribution >= 4 is 5.97 Å². The molecule has 1 heterocycles. The van der Waals surface area contributed by atoms with E-state index in [9.17, 15) is 4.79 Å². The summed E-state index contributed by atoms with van der Waals surface area (Å²) in [5, 5.41) is 17.5. The molecule has 0 aliphatic carbocycles. The molecule has 0 aliphatic rings. The lowest BCUT2D eigenvalue weighted by atomic mass is 9.90. The third-order valence-corrected chi connectivity index (χ3v) is 2.47. The van der Waals surface area contributed by atoms with E-state index in [4.69, 9.17) is 15.1 Å². The average Bonchev–Trinajstić information content (AvgIpc) is 2.35. The van der Waals surface area contributed by atoms with Crippen molar-refractivity contribution in [2.75, 3.05) is 6.61 Å². The van der Waals surface area contributed by atoms with Crippen LogP contribution in [0.5, 0.6) is 5.75 Å². The number of carbonyl (C=O) groups is 1. The summed E-state index contributed by atoms with van der Waals surface area (Å²) in [7, 11) is 0. The zero-order chi connectivity index (χ0) is 13.6. The third-order valence-electron chi connectivity index (χ3n) is 2.47. The van der Waals surface area contributed by atoms with Gasteiger partial charge in [-0.05, 0) is 38.8 Å². The molecule has 0 bridgehead atoms. The first-order chi connectivity index (χ1) is 8.44. The van der Waals surface area contributed by atoms with Crippen LogP contribution >= 0.6 is 0 Å².